The first-order chi connectivity index (χ1) is 11.5. The molecule has 1 aliphatic heterocycles. The van der Waals surface area contributed by atoms with Crippen molar-refractivity contribution in [2.75, 3.05) is 20.2 Å². The lowest BCUT2D eigenvalue weighted by molar-refractivity contribution is -0.133. The van der Waals surface area contributed by atoms with Gasteiger partial charge >= 0.3 is 0 Å². The normalized spacial score (nSPS) is 15.1. The third kappa shape index (κ3) is 3.62. The third-order valence-electron chi connectivity index (χ3n) is 4.12. The van der Waals surface area contributed by atoms with E-state index in [1.54, 1.807) is 24.1 Å². The number of methoxy groups -OCH3 is 1. The molecule has 7 heteroatoms. The topological polar surface area (TPSA) is 76.8 Å². The summed E-state index contributed by atoms with van der Waals surface area (Å²) in [6, 6.07) is 10.6. The molecule has 128 valence electrons. The van der Waals surface area contributed by atoms with E-state index in [1.165, 1.54) is 6.26 Å². The number of furan rings is 1. The van der Waals surface area contributed by atoms with E-state index in [-0.39, 0.29) is 31.2 Å². The number of ether oxygens (including phenoxy) is 1. The van der Waals surface area contributed by atoms with Crippen LogP contribution in [0.4, 0.5) is 0 Å². The molecule has 2 aromatic rings. The van der Waals surface area contributed by atoms with E-state index < -0.39 is 15.1 Å². The molecular formula is C17H19NO5S. The van der Waals surface area contributed by atoms with Crippen molar-refractivity contribution in [2.24, 2.45) is 0 Å². The van der Waals surface area contributed by atoms with Gasteiger partial charge in [0.25, 0.3) is 0 Å². The molecule has 0 aliphatic carbocycles. The fourth-order valence-corrected chi connectivity index (χ4v) is 4.26. The molecule has 0 unspecified atom stereocenters. The summed E-state index contributed by atoms with van der Waals surface area (Å²) < 4.78 is 34.8. The minimum Gasteiger partial charge on any atom is -0.497 e. The first-order valence-corrected chi connectivity index (χ1v) is 9.34. The van der Waals surface area contributed by atoms with Gasteiger partial charge in [-0.3, -0.25) is 4.79 Å². The molecule has 1 fully saturated rings. The Kier molecular flexibility index (Phi) is 4.62. The van der Waals surface area contributed by atoms with E-state index in [9.17, 15) is 13.2 Å². The average molecular weight is 349 g/mol. The minimum absolute atomic E-state index is 0.0762. The van der Waals surface area contributed by atoms with Crippen LogP contribution in [0, 0.1) is 0 Å². The lowest BCUT2D eigenvalue weighted by Crippen LogP contribution is -2.57. The van der Waals surface area contributed by atoms with Crippen molar-refractivity contribution in [3.8, 4) is 5.75 Å². The molecule has 0 saturated carbocycles. The van der Waals surface area contributed by atoms with Crippen LogP contribution in [0.5, 0.6) is 5.75 Å². The predicted molar refractivity (Wildman–Crippen MR) is 88.4 cm³/mol. The van der Waals surface area contributed by atoms with Crippen molar-refractivity contribution in [2.45, 2.75) is 17.4 Å². The number of amides is 1. The van der Waals surface area contributed by atoms with Crippen LogP contribution in [0.25, 0.3) is 0 Å². The lowest BCUT2D eigenvalue weighted by Gasteiger charge is -2.38. The van der Waals surface area contributed by atoms with Gasteiger partial charge in [-0.2, -0.15) is 0 Å². The first-order valence-electron chi connectivity index (χ1n) is 7.62. The summed E-state index contributed by atoms with van der Waals surface area (Å²) in [7, 11) is -1.73. The van der Waals surface area contributed by atoms with Gasteiger partial charge < -0.3 is 14.1 Å². The molecule has 0 N–H and O–H groups in total. The Morgan fingerprint density at radius 1 is 1.29 bits per heavy atom. The van der Waals surface area contributed by atoms with Gasteiger partial charge in [0, 0.05) is 13.1 Å². The maximum Gasteiger partial charge on any atom is 0.227 e. The third-order valence-corrected chi connectivity index (χ3v) is 6.12. The molecule has 0 atom stereocenters. The van der Waals surface area contributed by atoms with Gasteiger partial charge in [-0.05, 0) is 29.8 Å². The fourth-order valence-electron chi connectivity index (χ4n) is 2.65. The molecule has 1 amide bonds. The molecule has 2 heterocycles. The zero-order valence-corrected chi connectivity index (χ0v) is 14.2. The number of carbonyl (C=O) groups excluding carboxylic acids is 1. The van der Waals surface area contributed by atoms with Gasteiger partial charge in [-0.15, -0.1) is 0 Å². The summed E-state index contributed by atoms with van der Waals surface area (Å²) in [5.74, 6) is 0.925. The SMILES string of the molecule is COc1cccc(CC(=O)N2CC(S(=O)(=O)Cc3ccco3)C2)c1. The smallest absolute Gasteiger partial charge is 0.227 e. The van der Waals surface area contributed by atoms with Crippen molar-refractivity contribution in [3.05, 3.63) is 54.0 Å². The maximum atomic E-state index is 12.3. The highest BCUT2D eigenvalue weighted by molar-refractivity contribution is 7.91. The number of benzene rings is 1. The summed E-state index contributed by atoms with van der Waals surface area (Å²) in [5, 5.41) is -0.517. The van der Waals surface area contributed by atoms with Crippen molar-refractivity contribution < 1.29 is 22.4 Å². The molecule has 24 heavy (non-hydrogen) atoms. The summed E-state index contributed by atoms with van der Waals surface area (Å²) >= 11 is 0. The monoisotopic (exact) mass is 349 g/mol. The minimum atomic E-state index is -3.30. The Balaban J connectivity index is 1.54. The average Bonchev–Trinajstić information content (AvgIpc) is 2.97. The van der Waals surface area contributed by atoms with Crippen LogP contribution in [0.2, 0.25) is 0 Å². The molecule has 1 saturated heterocycles. The van der Waals surface area contributed by atoms with Crippen LogP contribution in [0.3, 0.4) is 0 Å². The van der Waals surface area contributed by atoms with E-state index in [0.717, 1.165) is 5.56 Å². The molecule has 1 aliphatic rings. The highest BCUT2D eigenvalue weighted by atomic mass is 32.2. The molecule has 1 aromatic heterocycles. The Bertz CT molecular complexity index is 807. The zero-order valence-electron chi connectivity index (χ0n) is 13.3. The van der Waals surface area contributed by atoms with E-state index in [2.05, 4.69) is 0 Å². The van der Waals surface area contributed by atoms with Crippen molar-refractivity contribution >= 4 is 15.7 Å². The standard InChI is InChI=1S/C17H19NO5S/c1-22-14-5-2-4-13(8-14)9-17(19)18-10-16(11-18)24(20,21)12-15-6-3-7-23-15/h2-8,16H,9-12H2,1H3. The Morgan fingerprint density at radius 3 is 2.75 bits per heavy atom. The number of likely N-dealkylation sites (tertiary alicyclic amines) is 1. The van der Waals surface area contributed by atoms with Crippen LogP contribution < -0.4 is 4.74 Å². The Hall–Kier alpha value is -2.28. The van der Waals surface area contributed by atoms with Crippen molar-refractivity contribution in [1.29, 1.82) is 0 Å². The second kappa shape index (κ2) is 6.68. The quantitative estimate of drug-likeness (QED) is 0.793. The van der Waals surface area contributed by atoms with E-state index in [1.807, 2.05) is 24.3 Å². The van der Waals surface area contributed by atoms with Crippen LogP contribution in [0.1, 0.15) is 11.3 Å². The van der Waals surface area contributed by atoms with Crippen LogP contribution in [-0.4, -0.2) is 44.7 Å². The number of sulfone groups is 1. The van der Waals surface area contributed by atoms with Crippen LogP contribution in [0.15, 0.2) is 47.1 Å². The van der Waals surface area contributed by atoms with Gasteiger partial charge in [-0.25, -0.2) is 8.42 Å². The number of rotatable bonds is 6. The summed E-state index contributed by atoms with van der Waals surface area (Å²) in [6.45, 7) is 0.484. The second-order valence-corrected chi connectivity index (χ2v) is 8.12. The van der Waals surface area contributed by atoms with Crippen LogP contribution in [-0.2, 0) is 26.8 Å². The first kappa shape index (κ1) is 16.6. The summed E-state index contributed by atoms with van der Waals surface area (Å²) in [6.07, 6.45) is 1.69. The van der Waals surface area contributed by atoms with E-state index >= 15 is 0 Å². The predicted octanol–water partition coefficient (Wildman–Crippen LogP) is 1.66. The molecule has 1 aromatic carbocycles. The number of hydrogen-bond acceptors (Lipinski definition) is 5. The number of nitrogens with zero attached hydrogens (tertiary/aromatic N) is 1. The molecule has 6 nitrogen and oxygen atoms in total. The highest BCUT2D eigenvalue weighted by Crippen LogP contribution is 2.22. The molecule has 3 rings (SSSR count). The molecule has 0 spiro atoms. The Morgan fingerprint density at radius 2 is 2.08 bits per heavy atom. The van der Waals surface area contributed by atoms with Gasteiger partial charge in [0.2, 0.25) is 5.91 Å². The number of hydrogen-bond donors (Lipinski definition) is 0. The van der Waals surface area contributed by atoms with E-state index in [0.29, 0.717) is 11.5 Å². The summed E-state index contributed by atoms with van der Waals surface area (Å²) in [5.41, 5.74) is 0.848. The highest BCUT2D eigenvalue weighted by Gasteiger charge is 2.39. The van der Waals surface area contributed by atoms with Gasteiger partial charge in [-0.1, -0.05) is 12.1 Å². The molecule has 0 radical (unpaired) electrons. The van der Waals surface area contributed by atoms with Crippen molar-refractivity contribution in [1.82, 2.24) is 4.90 Å². The number of carbonyl (C=O) groups is 1. The molecular weight excluding hydrogens is 330 g/mol. The van der Waals surface area contributed by atoms with Gasteiger partial charge in [0.05, 0.1) is 25.0 Å². The largest absolute Gasteiger partial charge is 0.497 e. The van der Waals surface area contributed by atoms with Gasteiger partial charge in [0.15, 0.2) is 9.84 Å². The second-order valence-electron chi connectivity index (χ2n) is 5.84. The maximum absolute atomic E-state index is 12.3. The zero-order chi connectivity index (χ0) is 17.2. The van der Waals surface area contributed by atoms with Crippen LogP contribution >= 0.6 is 0 Å². The van der Waals surface area contributed by atoms with E-state index in [4.69, 9.17) is 9.15 Å². The summed E-state index contributed by atoms with van der Waals surface area (Å²) in [4.78, 5) is 13.8. The van der Waals surface area contributed by atoms with Crippen molar-refractivity contribution in [3.63, 3.8) is 0 Å². The Labute approximate surface area is 140 Å². The molecule has 0 bridgehead atoms. The lowest BCUT2D eigenvalue weighted by atomic mass is 10.1. The van der Waals surface area contributed by atoms with Gasteiger partial charge in [0.1, 0.15) is 17.3 Å². The fraction of sp³-hybridized carbons (Fsp3) is 0.353.